The molecule has 0 unspecified atom stereocenters. The average molecular weight is 342 g/mol. The van der Waals surface area contributed by atoms with E-state index in [0.29, 0.717) is 0 Å². The topological polar surface area (TPSA) is 3.24 Å². The molecule has 0 spiro atoms. The maximum atomic E-state index is 4.67. The van der Waals surface area contributed by atoms with E-state index in [2.05, 4.69) is 85.3 Å². The van der Waals surface area contributed by atoms with E-state index in [0.717, 1.165) is 33.8 Å². The summed E-state index contributed by atoms with van der Waals surface area (Å²) in [7, 11) is 4.06. The van der Waals surface area contributed by atoms with Gasteiger partial charge in [-0.2, -0.15) is 0 Å². The predicted octanol–water partition coefficient (Wildman–Crippen LogP) is 5.56. The van der Waals surface area contributed by atoms with Crippen molar-refractivity contribution in [3.05, 3.63) is 77.9 Å². The maximum Gasteiger partial charge on any atom is 0.0361 e. The van der Waals surface area contributed by atoms with Crippen LogP contribution in [0.15, 0.2) is 61.2 Å². The van der Waals surface area contributed by atoms with Gasteiger partial charge in [-0.1, -0.05) is 42.5 Å². The van der Waals surface area contributed by atoms with E-state index >= 15 is 0 Å². The lowest BCUT2D eigenvalue weighted by molar-refractivity contribution is 1.00. The van der Waals surface area contributed by atoms with Crippen molar-refractivity contribution in [2.24, 2.45) is 0 Å². The molecule has 0 aliphatic carbocycles. The van der Waals surface area contributed by atoms with E-state index in [9.17, 15) is 0 Å². The van der Waals surface area contributed by atoms with Crippen LogP contribution in [0.2, 0.25) is 0 Å². The second-order valence-electron chi connectivity index (χ2n) is 5.66. The molecule has 0 aliphatic heterocycles. The fourth-order valence-corrected chi connectivity index (χ4v) is 2.85. The van der Waals surface area contributed by atoms with Crippen LogP contribution in [0.25, 0.3) is 9.81 Å². The lowest BCUT2D eigenvalue weighted by Crippen LogP contribution is -2.08. The first-order valence-corrected chi connectivity index (χ1v) is 8.52. The van der Waals surface area contributed by atoms with Crippen LogP contribution in [0, 0.1) is 0 Å². The summed E-state index contributed by atoms with van der Waals surface area (Å²) in [6, 6.07) is 16.8. The van der Waals surface area contributed by atoms with Crippen LogP contribution in [-0.4, -0.2) is 14.1 Å². The van der Waals surface area contributed by atoms with Gasteiger partial charge in [0, 0.05) is 29.6 Å². The minimum atomic E-state index is 0.887. The van der Waals surface area contributed by atoms with Crippen LogP contribution in [0.4, 0.5) is 5.69 Å². The molecule has 0 aromatic heterocycles. The minimum Gasteiger partial charge on any atom is -0.378 e. The summed E-state index contributed by atoms with van der Waals surface area (Å²) in [6.45, 7) is 3.76. The Labute approximate surface area is 150 Å². The van der Waals surface area contributed by atoms with E-state index in [1.165, 1.54) is 11.3 Å². The van der Waals surface area contributed by atoms with Gasteiger partial charge in [0.1, 0.15) is 0 Å². The van der Waals surface area contributed by atoms with E-state index in [4.69, 9.17) is 0 Å². The largest absolute Gasteiger partial charge is 0.378 e. The molecule has 0 saturated heterocycles. The molecule has 1 nitrogen and oxygen atoms in total. The van der Waals surface area contributed by atoms with Crippen molar-refractivity contribution in [3.8, 4) is 0 Å². The van der Waals surface area contributed by atoms with Crippen molar-refractivity contribution in [2.45, 2.75) is 12.8 Å². The van der Waals surface area contributed by atoms with Gasteiger partial charge in [0.05, 0.1) is 0 Å². The Morgan fingerprint density at radius 2 is 1.39 bits per heavy atom. The fraction of sp³-hybridized carbons (Fsp3) is 0.200. The lowest BCUT2D eigenvalue weighted by Gasteiger charge is -2.13. The SMILES string of the molecule is C=CCCc1ccc(C(S)=C(S)c2ccc(N(C)C)cc2)cc1. The zero-order chi connectivity index (χ0) is 16.8. The second-order valence-corrected chi connectivity index (χ2v) is 6.56. The monoisotopic (exact) mass is 341 g/mol. The number of benzene rings is 2. The smallest absolute Gasteiger partial charge is 0.0361 e. The summed E-state index contributed by atoms with van der Waals surface area (Å²) in [5.41, 5.74) is 4.63. The van der Waals surface area contributed by atoms with Crippen LogP contribution < -0.4 is 4.90 Å². The molecule has 2 rings (SSSR count). The number of nitrogens with zero attached hydrogens (tertiary/aromatic N) is 1. The molecular weight excluding hydrogens is 318 g/mol. The molecular formula is C20H23NS2. The quantitative estimate of drug-likeness (QED) is 0.395. The van der Waals surface area contributed by atoms with Gasteiger partial charge in [0.15, 0.2) is 0 Å². The molecule has 0 amide bonds. The van der Waals surface area contributed by atoms with Gasteiger partial charge >= 0.3 is 0 Å². The van der Waals surface area contributed by atoms with E-state index in [-0.39, 0.29) is 0 Å². The molecule has 120 valence electrons. The summed E-state index contributed by atoms with van der Waals surface area (Å²) in [4.78, 5) is 3.86. The molecule has 0 heterocycles. The molecule has 2 aromatic rings. The van der Waals surface area contributed by atoms with Gasteiger partial charge in [0.25, 0.3) is 0 Å². The van der Waals surface area contributed by atoms with Crippen molar-refractivity contribution in [1.29, 1.82) is 0 Å². The first kappa shape index (κ1) is 17.8. The Kier molecular flexibility index (Phi) is 6.43. The molecule has 0 fully saturated rings. The van der Waals surface area contributed by atoms with Crippen molar-refractivity contribution < 1.29 is 0 Å². The van der Waals surface area contributed by atoms with Crippen molar-refractivity contribution in [2.75, 3.05) is 19.0 Å². The molecule has 2 aromatic carbocycles. The Hall–Kier alpha value is -1.58. The summed E-state index contributed by atoms with van der Waals surface area (Å²) in [6.07, 6.45) is 3.97. The standard InChI is InChI=1S/C20H23NS2/c1-4-5-6-15-7-9-16(10-8-15)19(22)20(23)17-11-13-18(14-12-17)21(2)3/h4,7-14,22-23H,1,5-6H2,2-3H3. The lowest BCUT2D eigenvalue weighted by atomic mass is 10.1. The third-order valence-corrected chi connectivity index (χ3v) is 4.89. The van der Waals surface area contributed by atoms with E-state index in [1.54, 1.807) is 0 Å². The van der Waals surface area contributed by atoms with Gasteiger partial charge in [-0.05, 0) is 41.7 Å². The predicted molar refractivity (Wildman–Crippen MR) is 111 cm³/mol. The van der Waals surface area contributed by atoms with Crippen LogP contribution in [0.1, 0.15) is 23.1 Å². The number of anilines is 1. The van der Waals surface area contributed by atoms with Gasteiger partial charge in [-0.3, -0.25) is 0 Å². The van der Waals surface area contributed by atoms with Crippen molar-refractivity contribution in [3.63, 3.8) is 0 Å². The number of thiol groups is 2. The molecule has 0 saturated carbocycles. The van der Waals surface area contributed by atoms with Crippen LogP contribution in [0.5, 0.6) is 0 Å². The van der Waals surface area contributed by atoms with Crippen LogP contribution >= 0.6 is 25.3 Å². The maximum absolute atomic E-state index is 4.67. The first-order chi connectivity index (χ1) is 11.0. The van der Waals surface area contributed by atoms with Crippen LogP contribution in [0.3, 0.4) is 0 Å². The number of aryl methyl sites for hydroxylation is 1. The molecule has 0 radical (unpaired) electrons. The average Bonchev–Trinajstić information content (AvgIpc) is 2.59. The number of allylic oxidation sites excluding steroid dienone is 1. The summed E-state index contributed by atoms with van der Waals surface area (Å²) >= 11 is 9.34. The first-order valence-electron chi connectivity index (χ1n) is 7.63. The van der Waals surface area contributed by atoms with Gasteiger partial charge in [-0.15, -0.1) is 31.8 Å². The van der Waals surface area contributed by atoms with Gasteiger partial charge < -0.3 is 4.90 Å². The van der Waals surface area contributed by atoms with Crippen LogP contribution in [-0.2, 0) is 6.42 Å². The summed E-state index contributed by atoms with van der Waals surface area (Å²) in [5, 5.41) is 0. The number of rotatable bonds is 6. The molecule has 0 atom stereocenters. The second kappa shape index (κ2) is 8.32. The van der Waals surface area contributed by atoms with E-state index < -0.39 is 0 Å². The highest BCUT2D eigenvalue weighted by Crippen LogP contribution is 2.32. The highest BCUT2D eigenvalue weighted by Gasteiger charge is 2.06. The Morgan fingerprint density at radius 1 is 0.913 bits per heavy atom. The van der Waals surface area contributed by atoms with Gasteiger partial charge in [0.2, 0.25) is 0 Å². The highest BCUT2D eigenvalue weighted by molar-refractivity contribution is 7.96. The fourth-order valence-electron chi connectivity index (χ4n) is 2.29. The molecule has 3 heteroatoms. The summed E-state index contributed by atoms with van der Waals surface area (Å²) in [5.74, 6) is 0. The highest BCUT2D eigenvalue weighted by atomic mass is 32.1. The Balaban J connectivity index is 2.23. The van der Waals surface area contributed by atoms with Gasteiger partial charge in [-0.25, -0.2) is 0 Å². The van der Waals surface area contributed by atoms with Crippen molar-refractivity contribution >= 4 is 40.8 Å². The van der Waals surface area contributed by atoms with Crippen molar-refractivity contribution in [1.82, 2.24) is 0 Å². The molecule has 0 aliphatic rings. The minimum absolute atomic E-state index is 0.887. The third-order valence-electron chi connectivity index (χ3n) is 3.75. The zero-order valence-corrected chi connectivity index (χ0v) is 15.4. The zero-order valence-electron chi connectivity index (χ0n) is 13.7. The Bertz CT molecular complexity index is 683. The molecule has 0 bridgehead atoms. The van der Waals surface area contributed by atoms with E-state index in [1.807, 2.05) is 20.2 Å². The number of hydrogen-bond acceptors (Lipinski definition) is 3. The third kappa shape index (κ3) is 4.69. The normalized spacial score (nSPS) is 11.8. The Morgan fingerprint density at radius 3 is 1.83 bits per heavy atom. The molecule has 0 N–H and O–H groups in total. The molecule has 23 heavy (non-hydrogen) atoms. The summed E-state index contributed by atoms with van der Waals surface area (Å²) < 4.78 is 0. The number of hydrogen-bond donors (Lipinski definition) is 2.